The van der Waals surface area contributed by atoms with Crippen LogP contribution in [0.3, 0.4) is 0 Å². The number of piperazine rings is 1. The van der Waals surface area contributed by atoms with Crippen molar-refractivity contribution in [1.82, 2.24) is 35.8 Å². The van der Waals surface area contributed by atoms with E-state index in [1.54, 1.807) is 31.2 Å². The molecular formula is C25H28F2N8O3. The largest absolute Gasteiger partial charge is 0.470 e. The fourth-order valence-corrected chi connectivity index (χ4v) is 4.59. The molecule has 1 amide bonds. The van der Waals surface area contributed by atoms with E-state index in [-0.39, 0.29) is 35.8 Å². The maximum absolute atomic E-state index is 12.9. The van der Waals surface area contributed by atoms with Gasteiger partial charge in [-0.05, 0) is 38.0 Å². The number of alkyl halides is 2. The molecule has 1 aliphatic carbocycles. The molecule has 1 aliphatic heterocycles. The third kappa shape index (κ3) is 5.62. The van der Waals surface area contributed by atoms with Crippen LogP contribution < -0.4 is 20.3 Å². The third-order valence-electron chi connectivity index (χ3n) is 6.77. The fraction of sp³-hybridized carbons (Fsp3) is 0.440. The van der Waals surface area contributed by atoms with Crippen molar-refractivity contribution in [2.75, 3.05) is 24.5 Å². The monoisotopic (exact) mass is 526 g/mol. The van der Waals surface area contributed by atoms with E-state index < -0.39 is 12.5 Å². The zero-order valence-electron chi connectivity index (χ0n) is 20.8. The number of rotatable bonds is 8. The number of hydrogen-bond acceptors (Lipinski definition) is 9. The first-order chi connectivity index (χ1) is 18.4. The van der Waals surface area contributed by atoms with Crippen LogP contribution in [-0.4, -0.2) is 68.6 Å². The number of anilines is 1. The van der Waals surface area contributed by atoms with E-state index in [1.807, 2.05) is 4.90 Å². The number of carbonyl (C=O) groups is 2. The first-order valence-electron chi connectivity index (χ1n) is 12.5. The number of nitrogens with zero attached hydrogens (tertiary/aromatic N) is 6. The van der Waals surface area contributed by atoms with Crippen molar-refractivity contribution in [2.24, 2.45) is 0 Å². The molecule has 0 spiro atoms. The molecule has 2 fully saturated rings. The quantitative estimate of drug-likeness (QED) is 0.452. The summed E-state index contributed by atoms with van der Waals surface area (Å²) in [5, 5.41) is 22.7. The molecule has 2 atom stereocenters. The van der Waals surface area contributed by atoms with Gasteiger partial charge in [-0.1, -0.05) is 17.3 Å². The highest BCUT2D eigenvalue weighted by atomic mass is 19.3. The maximum atomic E-state index is 12.9. The number of ketones is 1. The second kappa shape index (κ2) is 11.2. The van der Waals surface area contributed by atoms with E-state index in [0.717, 1.165) is 6.42 Å². The molecular weight excluding hydrogens is 498 g/mol. The van der Waals surface area contributed by atoms with Crippen molar-refractivity contribution >= 4 is 17.5 Å². The second-order valence-electron chi connectivity index (χ2n) is 9.32. The van der Waals surface area contributed by atoms with E-state index >= 15 is 0 Å². The number of nitrogens with one attached hydrogen (secondary N) is 2. The van der Waals surface area contributed by atoms with Crippen LogP contribution in [0.5, 0.6) is 5.88 Å². The molecule has 0 bridgehead atoms. The van der Waals surface area contributed by atoms with E-state index in [1.165, 1.54) is 16.8 Å². The lowest BCUT2D eigenvalue weighted by molar-refractivity contribution is -0.127. The summed E-state index contributed by atoms with van der Waals surface area (Å²) < 4.78 is 33.1. The number of hydrogen-bond donors (Lipinski definition) is 2. The van der Waals surface area contributed by atoms with Crippen LogP contribution in [0.2, 0.25) is 0 Å². The Morgan fingerprint density at radius 3 is 2.68 bits per heavy atom. The number of ether oxygens (including phenoxy) is 1. The maximum Gasteiger partial charge on any atom is 0.263 e. The lowest BCUT2D eigenvalue weighted by atomic mass is 10.1. The summed E-state index contributed by atoms with van der Waals surface area (Å²) in [5.41, 5.74) is 1.80. The van der Waals surface area contributed by atoms with Gasteiger partial charge in [-0.2, -0.15) is 0 Å². The SMILES string of the molecule is Cc1nnn(-c2ccc(C(F)F)cc2)c1COc1ccc(N2CCN[C@H](C(=O)N[C@H]3CCCC3=O)C2)nn1. The van der Waals surface area contributed by atoms with Crippen LogP contribution in [0.1, 0.15) is 42.6 Å². The van der Waals surface area contributed by atoms with Gasteiger partial charge in [0.05, 0.1) is 17.4 Å². The average Bonchev–Trinajstić information content (AvgIpc) is 3.52. The Labute approximate surface area is 217 Å². The fourth-order valence-electron chi connectivity index (χ4n) is 4.59. The predicted octanol–water partition coefficient (Wildman–Crippen LogP) is 1.90. The standard InChI is InChI=1S/C25H28F2N8O3/c1-15-20(35(33-30-15)17-7-5-16(6-8-17)24(26)27)14-38-23-10-9-22(31-32-23)34-12-11-28-19(13-34)25(37)29-18-3-2-4-21(18)36/h5-10,18-19,24,28H,2-4,11-14H2,1H3,(H,29,37)/t18-,19-/m0/s1. The molecule has 3 heterocycles. The van der Waals surface area contributed by atoms with Crippen molar-refractivity contribution in [3.8, 4) is 11.6 Å². The van der Waals surface area contributed by atoms with Crippen LogP contribution in [0, 0.1) is 6.92 Å². The van der Waals surface area contributed by atoms with Crippen molar-refractivity contribution in [3.63, 3.8) is 0 Å². The van der Waals surface area contributed by atoms with Gasteiger partial charge in [0.25, 0.3) is 6.43 Å². The molecule has 0 unspecified atom stereocenters. The summed E-state index contributed by atoms with van der Waals surface area (Å²) in [7, 11) is 0. The molecule has 11 nitrogen and oxygen atoms in total. The molecule has 1 saturated carbocycles. The Morgan fingerprint density at radius 1 is 1.18 bits per heavy atom. The minimum absolute atomic E-state index is 0.0703. The Hall–Kier alpha value is -4.00. The first kappa shape index (κ1) is 25.6. The number of Topliss-reactive ketones (excluding diaryl/α,β-unsaturated/α-hetero) is 1. The summed E-state index contributed by atoms with van der Waals surface area (Å²) in [6, 6.07) is 8.44. The molecule has 0 radical (unpaired) electrons. The molecule has 3 aromatic rings. The van der Waals surface area contributed by atoms with Gasteiger partial charge < -0.3 is 20.3 Å². The Kier molecular flexibility index (Phi) is 7.54. The van der Waals surface area contributed by atoms with E-state index in [4.69, 9.17) is 4.74 Å². The predicted molar refractivity (Wildman–Crippen MR) is 132 cm³/mol. The molecule has 2 N–H and O–H groups in total. The first-order valence-corrected chi connectivity index (χ1v) is 12.5. The number of aryl methyl sites for hydroxylation is 1. The van der Waals surface area contributed by atoms with Crippen molar-refractivity contribution in [2.45, 2.75) is 51.3 Å². The average molecular weight is 527 g/mol. The molecule has 38 heavy (non-hydrogen) atoms. The second-order valence-corrected chi connectivity index (χ2v) is 9.32. The number of aromatic nitrogens is 5. The Balaban J connectivity index is 1.19. The Morgan fingerprint density at radius 2 is 2.00 bits per heavy atom. The topological polar surface area (TPSA) is 127 Å². The van der Waals surface area contributed by atoms with Crippen molar-refractivity contribution in [3.05, 3.63) is 53.3 Å². The van der Waals surface area contributed by atoms with Gasteiger partial charge in [0, 0.05) is 37.7 Å². The number of carbonyl (C=O) groups excluding carboxylic acids is 2. The molecule has 2 aromatic heterocycles. The summed E-state index contributed by atoms with van der Waals surface area (Å²) in [5.74, 6) is 0.798. The third-order valence-corrected chi connectivity index (χ3v) is 6.77. The summed E-state index contributed by atoms with van der Waals surface area (Å²) in [4.78, 5) is 26.5. The van der Waals surface area contributed by atoms with Crippen molar-refractivity contribution in [1.29, 1.82) is 0 Å². The normalized spacial score (nSPS) is 19.7. The smallest absolute Gasteiger partial charge is 0.263 e. The van der Waals surface area contributed by atoms with Crippen LogP contribution in [0.4, 0.5) is 14.6 Å². The molecule has 1 aromatic carbocycles. The molecule has 2 aliphatic rings. The Bertz CT molecular complexity index is 1280. The molecule has 1 saturated heterocycles. The number of halogens is 2. The molecule has 200 valence electrons. The minimum atomic E-state index is -2.54. The van der Waals surface area contributed by atoms with Crippen LogP contribution in [0.25, 0.3) is 5.69 Å². The minimum Gasteiger partial charge on any atom is -0.470 e. The summed E-state index contributed by atoms with van der Waals surface area (Å²) in [6.45, 7) is 3.51. The molecule has 5 rings (SSSR count). The summed E-state index contributed by atoms with van der Waals surface area (Å²) >= 11 is 0. The lowest BCUT2D eigenvalue weighted by Gasteiger charge is -2.33. The van der Waals surface area contributed by atoms with Gasteiger partial charge in [0.1, 0.15) is 18.3 Å². The van der Waals surface area contributed by atoms with Gasteiger partial charge in [0.2, 0.25) is 11.8 Å². The van der Waals surface area contributed by atoms with Gasteiger partial charge in [-0.3, -0.25) is 9.59 Å². The van der Waals surface area contributed by atoms with Crippen molar-refractivity contribution < 1.29 is 23.1 Å². The zero-order chi connectivity index (χ0) is 26.6. The van der Waals surface area contributed by atoms with E-state index in [0.29, 0.717) is 55.4 Å². The molecule has 13 heteroatoms. The highest BCUT2D eigenvalue weighted by Gasteiger charge is 2.31. The number of benzene rings is 1. The van der Waals surface area contributed by atoms with E-state index in [2.05, 4.69) is 31.1 Å². The highest BCUT2D eigenvalue weighted by molar-refractivity contribution is 5.92. The van der Waals surface area contributed by atoms with Crippen LogP contribution in [0.15, 0.2) is 36.4 Å². The summed E-state index contributed by atoms with van der Waals surface area (Å²) in [6.07, 6.45) is -0.524. The van der Waals surface area contributed by atoms with Gasteiger partial charge >= 0.3 is 0 Å². The van der Waals surface area contributed by atoms with Gasteiger partial charge in [-0.15, -0.1) is 15.3 Å². The van der Waals surface area contributed by atoms with Gasteiger partial charge in [0.15, 0.2) is 11.6 Å². The van der Waals surface area contributed by atoms with Gasteiger partial charge in [-0.25, -0.2) is 13.5 Å². The van der Waals surface area contributed by atoms with Crippen LogP contribution in [-0.2, 0) is 16.2 Å². The van der Waals surface area contributed by atoms with E-state index in [9.17, 15) is 18.4 Å². The van der Waals surface area contributed by atoms with Crippen LogP contribution >= 0.6 is 0 Å². The lowest BCUT2D eigenvalue weighted by Crippen LogP contribution is -2.59. The number of amides is 1. The highest BCUT2D eigenvalue weighted by Crippen LogP contribution is 2.22. The zero-order valence-corrected chi connectivity index (χ0v) is 20.8.